The predicted molar refractivity (Wildman–Crippen MR) is 184 cm³/mol. The van der Waals surface area contributed by atoms with Gasteiger partial charge in [-0.25, -0.2) is 4.98 Å². The summed E-state index contributed by atoms with van der Waals surface area (Å²) in [6, 6.07) is 12.7. The van der Waals surface area contributed by atoms with Crippen molar-refractivity contribution in [3.63, 3.8) is 0 Å². The first-order valence-corrected chi connectivity index (χ1v) is 18.5. The Labute approximate surface area is 267 Å². The number of aromatic nitrogens is 3. The fourth-order valence-electron chi connectivity index (χ4n) is 5.45. The van der Waals surface area contributed by atoms with E-state index in [9.17, 15) is 0 Å². The zero-order valence-corrected chi connectivity index (χ0v) is 28.5. The summed E-state index contributed by atoms with van der Waals surface area (Å²) in [5, 5.41) is 1.57. The number of aryl methyl sites for hydroxylation is 1. The molecule has 0 saturated heterocycles. The van der Waals surface area contributed by atoms with E-state index in [0.717, 1.165) is 39.9 Å². The third-order valence-electron chi connectivity index (χ3n) is 7.94. The summed E-state index contributed by atoms with van der Waals surface area (Å²) in [4.78, 5) is 14.2. The maximum Gasteiger partial charge on any atom is 0.0897 e. The molecule has 3 aromatic heterocycles. The number of hydrogen-bond donors (Lipinski definition) is 0. The molecule has 0 aliphatic heterocycles. The molecule has 0 saturated carbocycles. The molecular weight excluding hydrogens is 634 g/mol. The molecular formula is C36H51Br2N3. The van der Waals surface area contributed by atoms with Crippen molar-refractivity contribution in [1.29, 1.82) is 0 Å². The molecule has 0 fully saturated rings. The van der Waals surface area contributed by atoms with Crippen LogP contribution in [0.4, 0.5) is 0 Å². The molecule has 3 rings (SSSR count). The Morgan fingerprint density at radius 3 is 1.32 bits per heavy atom. The predicted octanol–water partition coefficient (Wildman–Crippen LogP) is 12.2. The molecule has 224 valence electrons. The van der Waals surface area contributed by atoms with Gasteiger partial charge in [-0.05, 0) is 65.9 Å². The van der Waals surface area contributed by atoms with Gasteiger partial charge >= 0.3 is 0 Å². The van der Waals surface area contributed by atoms with E-state index < -0.39 is 0 Å². The number of nitrogens with zero attached hydrogens (tertiary/aromatic N) is 3. The summed E-state index contributed by atoms with van der Waals surface area (Å²) in [5.41, 5.74) is 7.35. The van der Waals surface area contributed by atoms with E-state index in [1.165, 1.54) is 126 Å². The van der Waals surface area contributed by atoms with Crippen LogP contribution in [-0.4, -0.2) is 15.0 Å². The summed E-state index contributed by atoms with van der Waals surface area (Å²) >= 11 is 7.18. The van der Waals surface area contributed by atoms with Gasteiger partial charge in [-0.3, -0.25) is 9.97 Å². The van der Waals surface area contributed by atoms with Crippen LogP contribution in [0.3, 0.4) is 0 Å². The minimum Gasteiger partial charge on any atom is -0.255 e. The zero-order chi connectivity index (χ0) is 29.0. The zero-order valence-electron chi connectivity index (χ0n) is 25.4. The molecule has 0 bridgehead atoms. The van der Waals surface area contributed by atoms with Crippen molar-refractivity contribution in [2.45, 2.75) is 133 Å². The smallest absolute Gasteiger partial charge is 0.0897 e. The van der Waals surface area contributed by atoms with Crippen LogP contribution in [0.15, 0.2) is 48.8 Å². The maximum atomic E-state index is 4.96. The van der Waals surface area contributed by atoms with Gasteiger partial charge in [0.2, 0.25) is 0 Å². The number of unbranched alkanes of at least 4 members (excludes halogenated alkanes) is 16. The highest BCUT2D eigenvalue weighted by atomic mass is 79.9. The number of hydrogen-bond acceptors (Lipinski definition) is 3. The molecule has 0 spiro atoms. The molecule has 3 heterocycles. The lowest BCUT2D eigenvalue weighted by molar-refractivity contribution is 0.527. The van der Waals surface area contributed by atoms with Gasteiger partial charge in [0, 0.05) is 23.1 Å². The van der Waals surface area contributed by atoms with Crippen molar-refractivity contribution in [1.82, 2.24) is 15.0 Å². The van der Waals surface area contributed by atoms with Crippen LogP contribution >= 0.6 is 31.9 Å². The normalized spacial score (nSPS) is 11.3. The molecule has 0 atom stereocenters. The Bertz CT molecular complexity index is 1120. The van der Waals surface area contributed by atoms with Crippen LogP contribution in [0.1, 0.15) is 133 Å². The molecule has 0 aliphatic carbocycles. The van der Waals surface area contributed by atoms with Gasteiger partial charge < -0.3 is 0 Å². The van der Waals surface area contributed by atoms with Crippen molar-refractivity contribution in [2.24, 2.45) is 0 Å². The minimum atomic E-state index is 0.770. The van der Waals surface area contributed by atoms with E-state index in [1.807, 2.05) is 18.5 Å². The van der Waals surface area contributed by atoms with E-state index >= 15 is 0 Å². The summed E-state index contributed by atoms with van der Waals surface area (Å²) < 4.78 is 0. The molecule has 0 amide bonds. The number of alkyl halides is 2. The number of pyridine rings is 3. The van der Waals surface area contributed by atoms with Gasteiger partial charge in [-0.2, -0.15) is 0 Å². The average Bonchev–Trinajstić information content (AvgIpc) is 3.02. The largest absolute Gasteiger partial charge is 0.255 e. The molecule has 3 nitrogen and oxygen atoms in total. The summed E-state index contributed by atoms with van der Waals surface area (Å²) in [6.07, 6.45) is 28.8. The highest BCUT2D eigenvalue weighted by Crippen LogP contribution is 2.26. The highest BCUT2D eigenvalue weighted by Gasteiger charge is 2.10. The van der Waals surface area contributed by atoms with E-state index in [1.54, 1.807) is 0 Å². The van der Waals surface area contributed by atoms with Crippen molar-refractivity contribution in [2.75, 3.05) is 0 Å². The first-order chi connectivity index (χ1) is 20.2. The van der Waals surface area contributed by atoms with Gasteiger partial charge in [0.25, 0.3) is 0 Å². The van der Waals surface area contributed by atoms with Crippen LogP contribution in [-0.2, 0) is 17.1 Å². The Morgan fingerprint density at radius 2 is 0.854 bits per heavy atom. The standard InChI is InChI=1S/C36H51Br2N3/c1-2-3-4-5-6-7-8-9-10-11-12-13-14-15-16-17-18-19-30-20-22-39-33(24-30)35-26-32(29-38)27-36(41-35)34-25-31(28-37)21-23-40-34/h20-27H,2-19,28-29H2,1H3. The molecule has 3 aromatic rings. The molecule has 0 N–H and O–H groups in total. The van der Waals surface area contributed by atoms with Crippen LogP contribution in [0.25, 0.3) is 22.8 Å². The Morgan fingerprint density at radius 1 is 0.463 bits per heavy atom. The summed E-state index contributed by atoms with van der Waals surface area (Å²) in [5.74, 6) is 0. The van der Waals surface area contributed by atoms with Crippen molar-refractivity contribution >= 4 is 31.9 Å². The Balaban J connectivity index is 1.32. The van der Waals surface area contributed by atoms with Crippen LogP contribution in [0.2, 0.25) is 0 Å². The Hall–Kier alpha value is -1.59. The van der Waals surface area contributed by atoms with E-state index in [-0.39, 0.29) is 0 Å². The van der Waals surface area contributed by atoms with Crippen molar-refractivity contribution in [3.05, 3.63) is 65.5 Å². The second kappa shape index (κ2) is 21.2. The van der Waals surface area contributed by atoms with Gasteiger partial charge in [0.05, 0.1) is 22.8 Å². The fraction of sp³-hybridized carbons (Fsp3) is 0.583. The van der Waals surface area contributed by atoms with Crippen molar-refractivity contribution < 1.29 is 0 Å². The fourth-order valence-corrected chi connectivity index (χ4v) is 6.12. The maximum absolute atomic E-state index is 4.96. The summed E-state index contributed by atoms with van der Waals surface area (Å²) in [6.45, 7) is 2.30. The molecule has 0 aromatic carbocycles. The molecule has 0 aliphatic rings. The average molecular weight is 686 g/mol. The quantitative estimate of drug-likeness (QED) is 0.0781. The van der Waals surface area contributed by atoms with E-state index in [0.29, 0.717) is 0 Å². The lowest BCUT2D eigenvalue weighted by Gasteiger charge is -2.09. The highest BCUT2D eigenvalue weighted by molar-refractivity contribution is 9.08. The summed E-state index contributed by atoms with van der Waals surface area (Å²) in [7, 11) is 0. The van der Waals surface area contributed by atoms with Crippen molar-refractivity contribution in [3.8, 4) is 22.8 Å². The molecule has 0 radical (unpaired) electrons. The van der Waals surface area contributed by atoms with E-state index in [2.05, 4.69) is 79.1 Å². The van der Waals surface area contributed by atoms with Crippen LogP contribution < -0.4 is 0 Å². The Kier molecular flexibility index (Phi) is 17.5. The third-order valence-corrected chi connectivity index (χ3v) is 9.23. The number of halogens is 2. The third kappa shape index (κ3) is 13.5. The second-order valence-electron chi connectivity index (χ2n) is 11.5. The van der Waals surface area contributed by atoms with E-state index in [4.69, 9.17) is 4.98 Å². The molecule has 41 heavy (non-hydrogen) atoms. The van der Waals surface area contributed by atoms with Crippen LogP contribution in [0.5, 0.6) is 0 Å². The van der Waals surface area contributed by atoms with Gasteiger partial charge in [-0.15, -0.1) is 0 Å². The van der Waals surface area contributed by atoms with Crippen LogP contribution in [0, 0.1) is 0 Å². The lowest BCUT2D eigenvalue weighted by atomic mass is 10.0. The minimum absolute atomic E-state index is 0.770. The lowest BCUT2D eigenvalue weighted by Crippen LogP contribution is -1.96. The van der Waals surface area contributed by atoms with Gasteiger partial charge in [0.15, 0.2) is 0 Å². The van der Waals surface area contributed by atoms with Gasteiger partial charge in [0.1, 0.15) is 0 Å². The SMILES string of the molecule is CCCCCCCCCCCCCCCCCCCc1ccnc(-c2cc(CBr)cc(-c3cc(CBr)ccn3)n2)c1. The topological polar surface area (TPSA) is 38.7 Å². The number of rotatable bonds is 22. The monoisotopic (exact) mass is 683 g/mol. The molecule has 0 unspecified atom stereocenters. The van der Waals surface area contributed by atoms with Gasteiger partial charge in [-0.1, -0.05) is 142 Å². The molecule has 5 heteroatoms. The second-order valence-corrected chi connectivity index (χ2v) is 12.6. The first kappa shape index (κ1) is 33.9. The first-order valence-electron chi connectivity index (χ1n) is 16.3.